The molecule has 6 nitrogen and oxygen atoms in total. The van der Waals surface area contributed by atoms with Crippen LogP contribution in [0.5, 0.6) is 0 Å². The summed E-state index contributed by atoms with van der Waals surface area (Å²) >= 11 is 0. The average Bonchev–Trinajstić information content (AvgIpc) is 2.86. The molecular formula is C13H25BN2O4. The third-order valence-electron chi connectivity index (χ3n) is 5.17. The van der Waals surface area contributed by atoms with Gasteiger partial charge in [0.2, 0.25) is 0 Å². The maximum atomic E-state index is 11.6. The molecule has 0 aromatic carbocycles. The number of likely N-dealkylation sites (tertiary alicyclic amines) is 1. The van der Waals surface area contributed by atoms with Crippen molar-refractivity contribution in [3.05, 3.63) is 0 Å². The number of rotatable bonds is 6. The summed E-state index contributed by atoms with van der Waals surface area (Å²) in [5, 5.41) is 27.4. The predicted molar refractivity (Wildman–Crippen MR) is 76.0 cm³/mol. The normalized spacial score (nSPS) is 37.1. The lowest BCUT2D eigenvalue weighted by molar-refractivity contribution is -0.145. The van der Waals surface area contributed by atoms with Gasteiger partial charge in [-0.2, -0.15) is 0 Å². The summed E-state index contributed by atoms with van der Waals surface area (Å²) in [6.45, 7) is 4.96. The first-order chi connectivity index (χ1) is 9.38. The summed E-state index contributed by atoms with van der Waals surface area (Å²) in [6.07, 6.45) is 2.07. The molecule has 0 aromatic heterocycles. The number of hydrogen-bond donors (Lipinski definition) is 4. The molecule has 2 fully saturated rings. The first-order valence-electron chi connectivity index (χ1n) is 7.49. The zero-order valence-corrected chi connectivity index (χ0v) is 12.0. The maximum Gasteiger partial charge on any atom is 0.451 e. The van der Waals surface area contributed by atoms with Crippen LogP contribution in [0.15, 0.2) is 0 Å². The van der Waals surface area contributed by atoms with Crippen molar-refractivity contribution in [3.63, 3.8) is 0 Å². The second-order valence-electron chi connectivity index (χ2n) is 6.34. The van der Waals surface area contributed by atoms with E-state index < -0.39 is 18.6 Å². The van der Waals surface area contributed by atoms with Crippen molar-refractivity contribution in [1.82, 2.24) is 4.90 Å². The number of hydrogen-bond acceptors (Lipinski definition) is 5. The average molecular weight is 284 g/mol. The molecule has 20 heavy (non-hydrogen) atoms. The molecule has 0 aromatic rings. The van der Waals surface area contributed by atoms with Crippen molar-refractivity contribution < 1.29 is 19.9 Å². The Morgan fingerprint density at radius 2 is 2.15 bits per heavy atom. The SMILES string of the molecule is CCN1CC2CC(N)(C(=O)O)C(CCCB(O)O)C2C1. The highest BCUT2D eigenvalue weighted by molar-refractivity contribution is 6.40. The Kier molecular flexibility index (Phi) is 4.74. The molecule has 114 valence electrons. The van der Waals surface area contributed by atoms with E-state index in [9.17, 15) is 9.90 Å². The molecule has 4 atom stereocenters. The molecule has 0 bridgehead atoms. The van der Waals surface area contributed by atoms with Crippen LogP contribution in [0.1, 0.15) is 26.2 Å². The zero-order chi connectivity index (χ0) is 14.9. The van der Waals surface area contributed by atoms with Crippen molar-refractivity contribution in [2.45, 2.75) is 38.0 Å². The molecule has 4 unspecified atom stereocenters. The smallest absolute Gasteiger partial charge is 0.451 e. The number of aliphatic carboxylic acids is 1. The molecule has 1 aliphatic carbocycles. The van der Waals surface area contributed by atoms with E-state index in [0.29, 0.717) is 31.1 Å². The predicted octanol–water partition coefficient (Wildman–Crippen LogP) is -0.391. The highest BCUT2D eigenvalue weighted by Gasteiger charge is 2.57. The van der Waals surface area contributed by atoms with Gasteiger partial charge in [-0.05, 0) is 43.5 Å². The van der Waals surface area contributed by atoms with Gasteiger partial charge in [0.15, 0.2) is 0 Å². The summed E-state index contributed by atoms with van der Waals surface area (Å²) in [5.74, 6) is -0.295. The lowest BCUT2D eigenvalue weighted by Crippen LogP contribution is -2.53. The van der Waals surface area contributed by atoms with Gasteiger partial charge in [0.25, 0.3) is 0 Å². The quantitative estimate of drug-likeness (QED) is 0.495. The van der Waals surface area contributed by atoms with Crippen LogP contribution < -0.4 is 5.73 Å². The van der Waals surface area contributed by atoms with Crippen molar-refractivity contribution in [2.75, 3.05) is 19.6 Å². The van der Waals surface area contributed by atoms with Crippen LogP contribution >= 0.6 is 0 Å². The van der Waals surface area contributed by atoms with Gasteiger partial charge in [-0.15, -0.1) is 0 Å². The second-order valence-corrected chi connectivity index (χ2v) is 6.34. The first-order valence-corrected chi connectivity index (χ1v) is 7.49. The standard InChI is InChI=1S/C13H25BN2O4/c1-2-16-7-9-6-13(15,12(17)18)11(10(9)8-16)4-3-5-14(19)20/h9-11,19-20H,2-8,15H2,1H3,(H,17,18). The van der Waals surface area contributed by atoms with E-state index in [1.165, 1.54) is 0 Å². The zero-order valence-electron chi connectivity index (χ0n) is 12.0. The van der Waals surface area contributed by atoms with Gasteiger partial charge in [0.1, 0.15) is 5.54 Å². The first kappa shape index (κ1) is 15.8. The van der Waals surface area contributed by atoms with E-state index in [4.69, 9.17) is 15.8 Å². The topological polar surface area (TPSA) is 107 Å². The highest BCUT2D eigenvalue weighted by Crippen LogP contribution is 2.49. The second kappa shape index (κ2) is 6.01. The summed E-state index contributed by atoms with van der Waals surface area (Å²) < 4.78 is 0. The van der Waals surface area contributed by atoms with Crippen LogP contribution in [0, 0.1) is 17.8 Å². The lowest BCUT2D eigenvalue weighted by Gasteiger charge is -2.31. The summed E-state index contributed by atoms with van der Waals surface area (Å²) in [4.78, 5) is 13.9. The van der Waals surface area contributed by atoms with Crippen molar-refractivity contribution in [3.8, 4) is 0 Å². The maximum absolute atomic E-state index is 11.6. The lowest BCUT2D eigenvalue weighted by atomic mass is 9.76. The third-order valence-corrected chi connectivity index (χ3v) is 5.17. The van der Waals surface area contributed by atoms with Crippen LogP contribution in [0.3, 0.4) is 0 Å². The molecule has 1 heterocycles. The monoisotopic (exact) mass is 284 g/mol. The third kappa shape index (κ3) is 2.86. The number of nitrogens with two attached hydrogens (primary N) is 1. The fourth-order valence-corrected chi connectivity index (χ4v) is 4.12. The largest absolute Gasteiger partial charge is 0.480 e. The number of carbonyl (C=O) groups is 1. The minimum atomic E-state index is -1.32. The fourth-order valence-electron chi connectivity index (χ4n) is 4.12. The van der Waals surface area contributed by atoms with Crippen LogP contribution in [0.4, 0.5) is 0 Å². The Hall–Kier alpha value is -0.625. The van der Waals surface area contributed by atoms with E-state index in [2.05, 4.69) is 11.8 Å². The Bertz CT molecular complexity index is 368. The summed E-state index contributed by atoms with van der Waals surface area (Å²) in [5.41, 5.74) is 5.05. The van der Waals surface area contributed by atoms with Crippen molar-refractivity contribution >= 4 is 13.1 Å². The van der Waals surface area contributed by atoms with Gasteiger partial charge >= 0.3 is 13.1 Å². The Morgan fingerprint density at radius 1 is 1.45 bits per heavy atom. The molecule has 0 amide bonds. The van der Waals surface area contributed by atoms with E-state index in [1.807, 2.05) is 0 Å². The van der Waals surface area contributed by atoms with Gasteiger partial charge in [-0.3, -0.25) is 4.79 Å². The van der Waals surface area contributed by atoms with Gasteiger partial charge in [-0.1, -0.05) is 13.3 Å². The van der Waals surface area contributed by atoms with Crippen LogP contribution in [-0.4, -0.2) is 58.3 Å². The Balaban J connectivity index is 2.07. The Labute approximate surface area is 120 Å². The van der Waals surface area contributed by atoms with E-state index >= 15 is 0 Å². The van der Waals surface area contributed by atoms with Crippen LogP contribution in [-0.2, 0) is 4.79 Å². The van der Waals surface area contributed by atoms with E-state index in [-0.39, 0.29) is 12.2 Å². The molecule has 0 radical (unpaired) electrons. The molecule has 2 aliphatic rings. The van der Waals surface area contributed by atoms with Gasteiger partial charge in [0.05, 0.1) is 0 Å². The van der Waals surface area contributed by atoms with E-state index in [1.54, 1.807) is 0 Å². The molecule has 0 spiro atoms. The summed E-state index contributed by atoms with van der Waals surface area (Å²) in [7, 11) is -1.32. The van der Waals surface area contributed by atoms with Crippen molar-refractivity contribution in [1.29, 1.82) is 0 Å². The minimum Gasteiger partial charge on any atom is -0.480 e. The highest BCUT2D eigenvalue weighted by atomic mass is 16.4. The summed E-state index contributed by atoms with van der Waals surface area (Å²) in [6, 6.07) is 0. The van der Waals surface area contributed by atoms with Crippen molar-refractivity contribution in [2.24, 2.45) is 23.5 Å². The van der Waals surface area contributed by atoms with Crippen LogP contribution in [0.25, 0.3) is 0 Å². The molecular weight excluding hydrogens is 259 g/mol. The number of nitrogens with zero attached hydrogens (tertiary/aromatic N) is 1. The van der Waals surface area contributed by atoms with Crippen LogP contribution in [0.2, 0.25) is 6.32 Å². The van der Waals surface area contributed by atoms with Gasteiger partial charge in [0, 0.05) is 13.1 Å². The Morgan fingerprint density at radius 3 is 2.70 bits per heavy atom. The fraction of sp³-hybridized carbons (Fsp3) is 0.923. The molecule has 7 heteroatoms. The van der Waals surface area contributed by atoms with Gasteiger partial charge in [-0.25, -0.2) is 0 Å². The molecule has 2 rings (SSSR count). The number of carboxylic acid groups (broad SMARTS) is 1. The molecule has 1 saturated carbocycles. The minimum absolute atomic E-state index is 0.0692. The van der Waals surface area contributed by atoms with E-state index in [0.717, 1.165) is 19.6 Å². The number of fused-ring (bicyclic) bond motifs is 1. The molecule has 5 N–H and O–H groups in total. The molecule has 1 saturated heterocycles. The molecule has 1 aliphatic heterocycles. The van der Waals surface area contributed by atoms with Gasteiger partial charge < -0.3 is 25.8 Å². The number of carboxylic acids is 1.